The molecule has 1 aromatic carbocycles. The third kappa shape index (κ3) is 3.87. The zero-order valence-corrected chi connectivity index (χ0v) is 11.5. The van der Waals surface area contributed by atoms with Crippen LogP contribution in [0, 0.1) is 0 Å². The highest BCUT2D eigenvalue weighted by Gasteiger charge is 2.16. The highest BCUT2D eigenvalue weighted by Crippen LogP contribution is 2.21. The molecule has 1 atom stereocenters. The molecule has 1 aliphatic heterocycles. The SMILES string of the molecule is O=C(Cc1ccc(Cl)cc1Cl)N[C@H]1CCCNC1. The van der Waals surface area contributed by atoms with Crippen molar-refractivity contribution < 1.29 is 4.79 Å². The molecule has 0 unspecified atom stereocenters. The van der Waals surface area contributed by atoms with Gasteiger partial charge in [0.2, 0.25) is 5.91 Å². The van der Waals surface area contributed by atoms with Crippen molar-refractivity contribution in [1.29, 1.82) is 0 Å². The molecule has 2 N–H and O–H groups in total. The zero-order valence-electron chi connectivity index (χ0n) is 10.0. The summed E-state index contributed by atoms with van der Waals surface area (Å²) in [4.78, 5) is 11.9. The van der Waals surface area contributed by atoms with E-state index in [0.717, 1.165) is 31.5 Å². The minimum absolute atomic E-state index is 0.00734. The first-order valence-electron chi connectivity index (χ1n) is 6.09. The summed E-state index contributed by atoms with van der Waals surface area (Å²) in [5.41, 5.74) is 0.808. The van der Waals surface area contributed by atoms with Gasteiger partial charge in [0, 0.05) is 22.6 Å². The van der Waals surface area contributed by atoms with Gasteiger partial charge in [-0.25, -0.2) is 0 Å². The molecule has 0 radical (unpaired) electrons. The number of amides is 1. The van der Waals surface area contributed by atoms with Gasteiger partial charge in [0.15, 0.2) is 0 Å². The smallest absolute Gasteiger partial charge is 0.224 e. The van der Waals surface area contributed by atoms with Gasteiger partial charge in [-0.2, -0.15) is 0 Å². The number of benzene rings is 1. The molecule has 1 amide bonds. The first-order chi connectivity index (χ1) is 8.65. The molecule has 1 saturated heterocycles. The zero-order chi connectivity index (χ0) is 13.0. The molecule has 5 heteroatoms. The third-order valence-corrected chi connectivity index (χ3v) is 3.62. The van der Waals surface area contributed by atoms with Crippen LogP contribution in [0.4, 0.5) is 0 Å². The molecular weight excluding hydrogens is 271 g/mol. The summed E-state index contributed by atoms with van der Waals surface area (Å²) in [6, 6.07) is 5.44. The van der Waals surface area contributed by atoms with E-state index in [1.165, 1.54) is 0 Å². The number of carbonyl (C=O) groups excluding carboxylic acids is 1. The molecule has 1 aliphatic rings. The molecule has 98 valence electrons. The monoisotopic (exact) mass is 286 g/mol. The van der Waals surface area contributed by atoms with Crippen LogP contribution in [0.15, 0.2) is 18.2 Å². The van der Waals surface area contributed by atoms with E-state index in [-0.39, 0.29) is 11.9 Å². The topological polar surface area (TPSA) is 41.1 Å². The van der Waals surface area contributed by atoms with Gasteiger partial charge in [0.25, 0.3) is 0 Å². The fraction of sp³-hybridized carbons (Fsp3) is 0.462. The Bertz CT molecular complexity index is 431. The first kappa shape index (κ1) is 13.7. The number of rotatable bonds is 3. The summed E-state index contributed by atoms with van der Waals surface area (Å²) >= 11 is 11.9. The van der Waals surface area contributed by atoms with E-state index in [2.05, 4.69) is 10.6 Å². The number of hydrogen-bond donors (Lipinski definition) is 2. The van der Waals surface area contributed by atoms with E-state index < -0.39 is 0 Å². The second-order valence-corrected chi connectivity index (χ2v) is 5.37. The normalized spacial score (nSPS) is 19.6. The number of hydrogen-bond acceptors (Lipinski definition) is 2. The van der Waals surface area contributed by atoms with Gasteiger partial charge in [-0.15, -0.1) is 0 Å². The van der Waals surface area contributed by atoms with Crippen molar-refractivity contribution in [3.63, 3.8) is 0 Å². The Labute approximate surface area is 117 Å². The number of nitrogens with one attached hydrogen (secondary N) is 2. The number of halogens is 2. The van der Waals surface area contributed by atoms with Crippen LogP contribution in [0.1, 0.15) is 18.4 Å². The number of carbonyl (C=O) groups is 1. The van der Waals surface area contributed by atoms with Crippen molar-refractivity contribution in [2.75, 3.05) is 13.1 Å². The van der Waals surface area contributed by atoms with Crippen molar-refractivity contribution >= 4 is 29.1 Å². The van der Waals surface area contributed by atoms with E-state index in [4.69, 9.17) is 23.2 Å². The average molecular weight is 287 g/mol. The highest BCUT2D eigenvalue weighted by atomic mass is 35.5. The molecule has 0 bridgehead atoms. The van der Waals surface area contributed by atoms with Gasteiger partial charge in [-0.1, -0.05) is 29.3 Å². The summed E-state index contributed by atoms with van der Waals surface area (Å²) < 4.78 is 0. The summed E-state index contributed by atoms with van der Waals surface area (Å²) in [6.07, 6.45) is 2.44. The van der Waals surface area contributed by atoms with Gasteiger partial charge in [-0.3, -0.25) is 4.79 Å². The van der Waals surface area contributed by atoms with Crippen LogP contribution in [0.25, 0.3) is 0 Å². The molecule has 1 aromatic rings. The van der Waals surface area contributed by atoms with Gasteiger partial charge < -0.3 is 10.6 Å². The second-order valence-electron chi connectivity index (χ2n) is 4.52. The Kier molecular flexibility index (Phi) is 4.87. The Morgan fingerprint density at radius 1 is 1.44 bits per heavy atom. The molecule has 0 spiro atoms. The molecule has 1 fully saturated rings. The quantitative estimate of drug-likeness (QED) is 0.896. The predicted molar refractivity (Wildman–Crippen MR) is 74.2 cm³/mol. The molecule has 0 saturated carbocycles. The van der Waals surface area contributed by atoms with E-state index in [1.54, 1.807) is 18.2 Å². The van der Waals surface area contributed by atoms with Gasteiger partial charge >= 0.3 is 0 Å². The van der Waals surface area contributed by atoms with Crippen LogP contribution >= 0.6 is 23.2 Å². The minimum Gasteiger partial charge on any atom is -0.352 e. The lowest BCUT2D eigenvalue weighted by atomic mass is 10.1. The van der Waals surface area contributed by atoms with Gasteiger partial charge in [0.1, 0.15) is 0 Å². The molecule has 0 aliphatic carbocycles. The van der Waals surface area contributed by atoms with E-state index in [0.29, 0.717) is 16.5 Å². The predicted octanol–water partition coefficient (Wildman–Crippen LogP) is 2.40. The van der Waals surface area contributed by atoms with Crippen molar-refractivity contribution in [2.45, 2.75) is 25.3 Å². The molecule has 0 aromatic heterocycles. The fourth-order valence-corrected chi connectivity index (χ4v) is 2.57. The van der Waals surface area contributed by atoms with E-state index >= 15 is 0 Å². The van der Waals surface area contributed by atoms with Crippen LogP contribution in [-0.4, -0.2) is 25.0 Å². The molecular formula is C13H16Cl2N2O. The van der Waals surface area contributed by atoms with E-state index in [1.807, 2.05) is 0 Å². The summed E-state index contributed by atoms with van der Waals surface area (Å²) in [5, 5.41) is 7.41. The maximum atomic E-state index is 11.9. The lowest BCUT2D eigenvalue weighted by Gasteiger charge is -2.23. The Hall–Kier alpha value is -0.770. The van der Waals surface area contributed by atoms with E-state index in [9.17, 15) is 4.79 Å². The second kappa shape index (κ2) is 6.41. The lowest BCUT2D eigenvalue weighted by molar-refractivity contribution is -0.121. The number of piperidine rings is 1. The van der Waals surface area contributed by atoms with Crippen LogP contribution in [0.2, 0.25) is 10.0 Å². The van der Waals surface area contributed by atoms with Gasteiger partial charge in [0.05, 0.1) is 6.42 Å². The van der Waals surface area contributed by atoms with Crippen LogP contribution in [0.5, 0.6) is 0 Å². The molecule has 3 nitrogen and oxygen atoms in total. The van der Waals surface area contributed by atoms with Crippen molar-refractivity contribution in [1.82, 2.24) is 10.6 Å². The fourth-order valence-electron chi connectivity index (χ4n) is 2.09. The molecule has 1 heterocycles. The van der Waals surface area contributed by atoms with Gasteiger partial charge in [-0.05, 0) is 37.1 Å². The standard InChI is InChI=1S/C13H16Cl2N2O/c14-10-4-3-9(12(15)7-10)6-13(18)17-11-2-1-5-16-8-11/h3-4,7,11,16H,1-2,5-6,8H2,(H,17,18)/t11-/m0/s1. The third-order valence-electron chi connectivity index (χ3n) is 3.03. The van der Waals surface area contributed by atoms with Crippen molar-refractivity contribution in [3.05, 3.63) is 33.8 Å². The lowest BCUT2D eigenvalue weighted by Crippen LogP contribution is -2.46. The Morgan fingerprint density at radius 2 is 2.28 bits per heavy atom. The van der Waals surface area contributed by atoms with Crippen LogP contribution < -0.4 is 10.6 Å². The Morgan fingerprint density at radius 3 is 2.94 bits per heavy atom. The largest absolute Gasteiger partial charge is 0.352 e. The Balaban J connectivity index is 1.90. The first-order valence-corrected chi connectivity index (χ1v) is 6.85. The maximum absolute atomic E-state index is 11.9. The average Bonchev–Trinajstić information content (AvgIpc) is 2.34. The highest BCUT2D eigenvalue weighted by molar-refractivity contribution is 6.35. The molecule has 2 rings (SSSR count). The maximum Gasteiger partial charge on any atom is 0.224 e. The summed E-state index contributed by atoms with van der Waals surface area (Å²) in [6.45, 7) is 1.88. The van der Waals surface area contributed by atoms with Crippen LogP contribution in [0.3, 0.4) is 0 Å². The minimum atomic E-state index is 0.00734. The van der Waals surface area contributed by atoms with Crippen molar-refractivity contribution in [3.8, 4) is 0 Å². The van der Waals surface area contributed by atoms with Crippen LogP contribution in [-0.2, 0) is 11.2 Å². The summed E-state index contributed by atoms with van der Waals surface area (Å²) in [7, 11) is 0. The summed E-state index contributed by atoms with van der Waals surface area (Å²) in [5.74, 6) is 0.00734. The molecule has 18 heavy (non-hydrogen) atoms. The van der Waals surface area contributed by atoms with Crippen molar-refractivity contribution in [2.24, 2.45) is 0 Å².